The Hall–Kier alpha value is -2.97. The zero-order chi connectivity index (χ0) is 26.3. The van der Waals surface area contributed by atoms with Gasteiger partial charge in [0.05, 0.1) is 6.10 Å². The van der Waals surface area contributed by atoms with Gasteiger partial charge in [0.1, 0.15) is 12.1 Å². The molecular formula is C28H40N4O4. The van der Waals surface area contributed by atoms with E-state index >= 15 is 0 Å². The smallest absolute Gasteiger partial charge is 0.243 e. The van der Waals surface area contributed by atoms with Crippen molar-refractivity contribution in [2.45, 2.75) is 71.1 Å². The SMILES string of the molecule is CCCC(C)(C)C(=O)N1CCCC1C(=O)N[C@H](Cc1ccc2ccccc2c1)C(=O)NCC(O)CN. The molecule has 0 saturated carbocycles. The van der Waals surface area contributed by atoms with E-state index in [1.54, 1.807) is 4.90 Å². The number of carbonyl (C=O) groups is 3. The molecule has 0 aliphatic carbocycles. The first-order valence-electron chi connectivity index (χ1n) is 12.9. The molecule has 3 amide bonds. The average molecular weight is 497 g/mol. The fourth-order valence-corrected chi connectivity index (χ4v) is 4.91. The average Bonchev–Trinajstić information content (AvgIpc) is 3.36. The van der Waals surface area contributed by atoms with Gasteiger partial charge in [-0.1, -0.05) is 69.7 Å². The topological polar surface area (TPSA) is 125 Å². The highest BCUT2D eigenvalue weighted by Gasteiger charge is 2.41. The zero-order valence-corrected chi connectivity index (χ0v) is 21.6. The van der Waals surface area contributed by atoms with Gasteiger partial charge in [0.25, 0.3) is 0 Å². The molecular weight excluding hydrogens is 456 g/mol. The second-order valence-corrected chi connectivity index (χ2v) is 10.4. The molecule has 0 radical (unpaired) electrons. The van der Waals surface area contributed by atoms with Crippen LogP contribution < -0.4 is 16.4 Å². The molecule has 5 N–H and O–H groups in total. The summed E-state index contributed by atoms with van der Waals surface area (Å²) in [7, 11) is 0. The lowest BCUT2D eigenvalue weighted by Gasteiger charge is -2.33. The van der Waals surface area contributed by atoms with Crippen molar-refractivity contribution in [3.05, 3.63) is 48.0 Å². The summed E-state index contributed by atoms with van der Waals surface area (Å²) in [6, 6.07) is 12.4. The number of carbonyl (C=O) groups excluding carboxylic acids is 3. The van der Waals surface area contributed by atoms with Gasteiger partial charge in [-0.05, 0) is 35.6 Å². The normalized spacial score (nSPS) is 17.6. The van der Waals surface area contributed by atoms with Crippen LogP contribution in [-0.4, -0.2) is 65.5 Å². The molecule has 1 heterocycles. The molecule has 1 aliphatic heterocycles. The summed E-state index contributed by atoms with van der Waals surface area (Å²) in [4.78, 5) is 41.4. The summed E-state index contributed by atoms with van der Waals surface area (Å²) in [6.07, 6.45) is 2.35. The van der Waals surface area contributed by atoms with Crippen LogP contribution in [0.15, 0.2) is 42.5 Å². The quantitative estimate of drug-likeness (QED) is 0.379. The maximum atomic E-state index is 13.4. The Labute approximate surface area is 213 Å². The summed E-state index contributed by atoms with van der Waals surface area (Å²) in [5.74, 6) is -0.747. The molecule has 0 spiro atoms. The molecule has 0 bridgehead atoms. The van der Waals surface area contributed by atoms with Gasteiger partial charge in [-0.25, -0.2) is 0 Å². The number of nitrogens with two attached hydrogens (primary N) is 1. The van der Waals surface area contributed by atoms with E-state index in [0.717, 1.165) is 35.6 Å². The van der Waals surface area contributed by atoms with E-state index in [9.17, 15) is 19.5 Å². The fraction of sp³-hybridized carbons (Fsp3) is 0.536. The van der Waals surface area contributed by atoms with Gasteiger partial charge in [0.15, 0.2) is 0 Å². The van der Waals surface area contributed by atoms with Crippen molar-refractivity contribution in [3.63, 3.8) is 0 Å². The van der Waals surface area contributed by atoms with E-state index in [2.05, 4.69) is 10.6 Å². The van der Waals surface area contributed by atoms with E-state index in [0.29, 0.717) is 13.0 Å². The monoisotopic (exact) mass is 496 g/mol. The molecule has 36 heavy (non-hydrogen) atoms. The predicted octanol–water partition coefficient (Wildman–Crippen LogP) is 2.12. The summed E-state index contributed by atoms with van der Waals surface area (Å²) >= 11 is 0. The fourth-order valence-electron chi connectivity index (χ4n) is 4.91. The third-order valence-electron chi connectivity index (χ3n) is 6.94. The molecule has 1 fully saturated rings. The van der Waals surface area contributed by atoms with Crippen LogP contribution in [0.3, 0.4) is 0 Å². The van der Waals surface area contributed by atoms with Crippen LogP contribution in [0.5, 0.6) is 0 Å². The van der Waals surface area contributed by atoms with Crippen molar-refractivity contribution < 1.29 is 19.5 Å². The summed E-state index contributed by atoms with van der Waals surface area (Å²) in [5.41, 5.74) is 5.82. The lowest BCUT2D eigenvalue weighted by atomic mass is 9.86. The van der Waals surface area contributed by atoms with E-state index in [1.165, 1.54) is 0 Å². The number of aliphatic hydroxyl groups excluding tert-OH is 1. The molecule has 2 aromatic carbocycles. The number of hydrogen-bond acceptors (Lipinski definition) is 5. The summed E-state index contributed by atoms with van der Waals surface area (Å²) < 4.78 is 0. The van der Waals surface area contributed by atoms with E-state index in [-0.39, 0.29) is 31.3 Å². The Bertz CT molecular complexity index is 1070. The van der Waals surface area contributed by atoms with Crippen molar-refractivity contribution in [1.82, 2.24) is 15.5 Å². The molecule has 0 aromatic heterocycles. The van der Waals surface area contributed by atoms with E-state index < -0.39 is 29.5 Å². The number of nitrogens with one attached hydrogen (secondary N) is 2. The van der Waals surface area contributed by atoms with Gasteiger partial charge >= 0.3 is 0 Å². The lowest BCUT2D eigenvalue weighted by molar-refractivity contribution is -0.146. The number of aliphatic hydroxyl groups is 1. The lowest BCUT2D eigenvalue weighted by Crippen LogP contribution is -2.55. The first kappa shape index (κ1) is 27.6. The minimum absolute atomic E-state index is 0.00132. The number of amides is 3. The zero-order valence-electron chi connectivity index (χ0n) is 21.6. The summed E-state index contributed by atoms with van der Waals surface area (Å²) in [5, 5.41) is 17.5. The van der Waals surface area contributed by atoms with E-state index in [1.807, 2.05) is 63.2 Å². The second-order valence-electron chi connectivity index (χ2n) is 10.4. The second kappa shape index (κ2) is 12.3. The number of rotatable bonds is 11. The van der Waals surface area contributed by atoms with Crippen LogP contribution in [0.25, 0.3) is 10.8 Å². The highest BCUT2D eigenvalue weighted by molar-refractivity contribution is 5.93. The molecule has 2 aromatic rings. The number of nitrogens with zero attached hydrogens (tertiary/aromatic N) is 1. The van der Waals surface area contributed by atoms with Crippen molar-refractivity contribution in [2.75, 3.05) is 19.6 Å². The minimum Gasteiger partial charge on any atom is -0.390 e. The maximum absolute atomic E-state index is 13.4. The Morgan fingerprint density at radius 2 is 1.89 bits per heavy atom. The Kier molecular flexibility index (Phi) is 9.45. The molecule has 3 atom stereocenters. The summed E-state index contributed by atoms with van der Waals surface area (Å²) in [6.45, 7) is 6.44. The Balaban J connectivity index is 1.78. The first-order chi connectivity index (χ1) is 17.2. The van der Waals surface area contributed by atoms with Gasteiger partial charge in [0.2, 0.25) is 17.7 Å². The highest BCUT2D eigenvalue weighted by atomic mass is 16.3. The molecule has 8 nitrogen and oxygen atoms in total. The van der Waals surface area contributed by atoms with Crippen LogP contribution in [0, 0.1) is 5.41 Å². The Morgan fingerprint density at radius 1 is 1.17 bits per heavy atom. The molecule has 196 valence electrons. The van der Waals surface area contributed by atoms with Crippen LogP contribution in [0.1, 0.15) is 52.0 Å². The largest absolute Gasteiger partial charge is 0.390 e. The maximum Gasteiger partial charge on any atom is 0.243 e. The van der Waals surface area contributed by atoms with Crippen molar-refractivity contribution >= 4 is 28.5 Å². The number of likely N-dealkylation sites (tertiary alicyclic amines) is 1. The van der Waals surface area contributed by atoms with Gasteiger partial charge in [-0.2, -0.15) is 0 Å². The van der Waals surface area contributed by atoms with Crippen LogP contribution >= 0.6 is 0 Å². The Morgan fingerprint density at radius 3 is 2.58 bits per heavy atom. The van der Waals surface area contributed by atoms with Crippen LogP contribution in [0.2, 0.25) is 0 Å². The molecule has 3 rings (SSSR count). The van der Waals surface area contributed by atoms with Crippen molar-refractivity contribution in [2.24, 2.45) is 11.1 Å². The predicted molar refractivity (Wildman–Crippen MR) is 141 cm³/mol. The van der Waals surface area contributed by atoms with Crippen molar-refractivity contribution in [1.29, 1.82) is 0 Å². The molecule has 8 heteroatoms. The third-order valence-corrected chi connectivity index (χ3v) is 6.94. The molecule has 1 aliphatic rings. The minimum atomic E-state index is -0.866. The number of hydrogen-bond donors (Lipinski definition) is 4. The van der Waals surface area contributed by atoms with E-state index in [4.69, 9.17) is 5.73 Å². The standard InChI is InChI=1S/C28H40N4O4/c1-4-13-28(2,3)27(36)32-14-7-10-24(32)26(35)31-23(25(34)30-18-22(33)17-29)16-19-11-12-20-8-5-6-9-21(20)15-19/h5-6,8-9,11-12,15,22-24,33H,4,7,10,13-14,16-18,29H2,1-3H3,(H,30,34)(H,31,35)/t22?,23-,24?/m1/s1. The highest BCUT2D eigenvalue weighted by Crippen LogP contribution is 2.30. The molecule has 2 unspecified atom stereocenters. The van der Waals surface area contributed by atoms with Crippen molar-refractivity contribution in [3.8, 4) is 0 Å². The van der Waals surface area contributed by atoms with Gasteiger partial charge in [0, 0.05) is 31.5 Å². The van der Waals surface area contributed by atoms with Gasteiger partial charge < -0.3 is 26.4 Å². The van der Waals surface area contributed by atoms with Crippen LogP contribution in [-0.2, 0) is 20.8 Å². The van der Waals surface area contributed by atoms with Gasteiger partial charge in [-0.15, -0.1) is 0 Å². The molecule has 1 saturated heterocycles. The van der Waals surface area contributed by atoms with Crippen LogP contribution in [0.4, 0.5) is 0 Å². The first-order valence-corrected chi connectivity index (χ1v) is 12.9. The number of fused-ring (bicyclic) bond motifs is 1. The number of benzene rings is 2. The third kappa shape index (κ3) is 6.83. The van der Waals surface area contributed by atoms with Gasteiger partial charge in [-0.3, -0.25) is 14.4 Å².